The zero-order chi connectivity index (χ0) is 26.4. The van der Waals surface area contributed by atoms with Gasteiger partial charge in [-0.1, -0.05) is 53.4 Å². The number of hydrogen-bond donors (Lipinski definition) is 3. The van der Waals surface area contributed by atoms with E-state index in [4.69, 9.17) is 4.74 Å². The van der Waals surface area contributed by atoms with E-state index in [2.05, 4.69) is 33.0 Å². The zero-order valence-corrected chi connectivity index (χ0v) is 24.1. The molecule has 5 heteroatoms. The van der Waals surface area contributed by atoms with Gasteiger partial charge in [0, 0.05) is 6.04 Å². The van der Waals surface area contributed by atoms with Gasteiger partial charge in [-0.05, 0) is 116 Å². The molecule has 5 aliphatic carbocycles. The lowest BCUT2D eigenvalue weighted by atomic mass is 9.41. The number of nitrogens with one attached hydrogen (secondary N) is 1. The molecule has 0 aromatic carbocycles. The first-order valence-corrected chi connectivity index (χ1v) is 16.0. The Balaban J connectivity index is 1.22. The van der Waals surface area contributed by atoms with E-state index in [9.17, 15) is 15.0 Å². The van der Waals surface area contributed by atoms with Crippen molar-refractivity contribution >= 4 is 6.09 Å². The fourth-order valence-corrected chi connectivity index (χ4v) is 10.9. The lowest BCUT2D eigenvalue weighted by molar-refractivity contribution is -0.203. The topological polar surface area (TPSA) is 78.8 Å². The molecule has 1 amide bonds. The van der Waals surface area contributed by atoms with Crippen molar-refractivity contribution in [1.29, 1.82) is 0 Å². The number of amides is 1. The molecule has 0 saturated heterocycles. The Morgan fingerprint density at radius 2 is 1.65 bits per heavy atom. The standard InChI is InChI=1S/C32H55NO4/c1-5-23-27-19-22(34)13-16-32(27,4)26-14-17-31(3)24(11-12-25(31)28(26)29(23)35)20(2)15-18-37-30(36)33-21-9-7-6-8-10-21/h20-29,34-35H,5-19H2,1-4H3,(H,33,36)/t20-,22-,23-,24-,25+,26+,27+,28+,29-,31-,32-/m1/s1. The average Bonchev–Trinajstić information content (AvgIpc) is 3.23. The van der Waals surface area contributed by atoms with Gasteiger partial charge >= 0.3 is 6.09 Å². The van der Waals surface area contributed by atoms with Crippen molar-refractivity contribution in [3.8, 4) is 0 Å². The van der Waals surface area contributed by atoms with Gasteiger partial charge in [0.15, 0.2) is 0 Å². The minimum Gasteiger partial charge on any atom is -0.450 e. The maximum Gasteiger partial charge on any atom is 0.407 e. The summed E-state index contributed by atoms with van der Waals surface area (Å²) in [5, 5.41) is 25.5. The van der Waals surface area contributed by atoms with Crippen molar-refractivity contribution in [2.75, 3.05) is 6.61 Å². The van der Waals surface area contributed by atoms with E-state index in [1.54, 1.807) is 0 Å². The Hall–Kier alpha value is -0.810. The molecule has 212 valence electrons. The van der Waals surface area contributed by atoms with Crippen molar-refractivity contribution in [2.45, 2.75) is 136 Å². The summed E-state index contributed by atoms with van der Waals surface area (Å²) in [6, 6.07) is 0.297. The number of ether oxygens (including phenoxy) is 1. The monoisotopic (exact) mass is 517 g/mol. The first-order valence-electron chi connectivity index (χ1n) is 16.0. The number of fused-ring (bicyclic) bond motifs is 5. The van der Waals surface area contributed by atoms with E-state index in [0.29, 0.717) is 54.1 Å². The highest BCUT2D eigenvalue weighted by atomic mass is 16.5. The molecule has 0 aromatic heterocycles. The van der Waals surface area contributed by atoms with E-state index >= 15 is 0 Å². The van der Waals surface area contributed by atoms with Gasteiger partial charge in [-0.25, -0.2) is 4.79 Å². The maximum atomic E-state index is 12.3. The van der Waals surface area contributed by atoms with E-state index in [1.165, 1.54) is 44.9 Å². The summed E-state index contributed by atoms with van der Waals surface area (Å²) in [5.74, 6) is 3.49. The van der Waals surface area contributed by atoms with Crippen molar-refractivity contribution in [3.63, 3.8) is 0 Å². The minimum absolute atomic E-state index is 0.187. The first-order chi connectivity index (χ1) is 17.7. The summed E-state index contributed by atoms with van der Waals surface area (Å²) in [4.78, 5) is 12.3. The van der Waals surface area contributed by atoms with Crippen LogP contribution in [0.3, 0.4) is 0 Å². The molecule has 5 fully saturated rings. The van der Waals surface area contributed by atoms with Gasteiger partial charge in [-0.15, -0.1) is 0 Å². The molecule has 0 unspecified atom stereocenters. The highest BCUT2D eigenvalue weighted by molar-refractivity contribution is 5.67. The molecule has 37 heavy (non-hydrogen) atoms. The zero-order valence-electron chi connectivity index (χ0n) is 24.1. The molecule has 0 radical (unpaired) electrons. The van der Waals surface area contributed by atoms with Gasteiger partial charge in [-0.3, -0.25) is 0 Å². The Bertz CT molecular complexity index is 798. The van der Waals surface area contributed by atoms with E-state index in [-0.39, 0.29) is 29.1 Å². The summed E-state index contributed by atoms with van der Waals surface area (Å²) in [6.07, 6.45) is 15.0. The summed E-state index contributed by atoms with van der Waals surface area (Å²) in [5.41, 5.74) is 0.524. The smallest absolute Gasteiger partial charge is 0.407 e. The van der Waals surface area contributed by atoms with Gasteiger partial charge < -0.3 is 20.3 Å². The Kier molecular flexibility index (Phi) is 8.24. The summed E-state index contributed by atoms with van der Waals surface area (Å²) >= 11 is 0. The normalized spacial score (nSPS) is 46.9. The number of alkyl carbamates (subject to hydrolysis) is 1. The first kappa shape index (κ1) is 27.7. The highest BCUT2D eigenvalue weighted by Crippen LogP contribution is 2.69. The summed E-state index contributed by atoms with van der Waals surface area (Å²) in [6.45, 7) is 10.2. The molecule has 11 atom stereocenters. The van der Waals surface area contributed by atoms with Crippen LogP contribution in [0.15, 0.2) is 0 Å². The van der Waals surface area contributed by atoms with Crippen LogP contribution in [0, 0.1) is 52.3 Å². The second-order valence-corrected chi connectivity index (χ2v) is 14.5. The van der Waals surface area contributed by atoms with Crippen LogP contribution in [-0.2, 0) is 4.74 Å². The van der Waals surface area contributed by atoms with Crippen LogP contribution in [0.2, 0.25) is 0 Å². The number of hydrogen-bond acceptors (Lipinski definition) is 4. The molecular weight excluding hydrogens is 462 g/mol. The molecule has 3 N–H and O–H groups in total. The molecule has 0 aliphatic heterocycles. The molecule has 0 heterocycles. The van der Waals surface area contributed by atoms with Crippen LogP contribution < -0.4 is 5.32 Å². The fourth-order valence-electron chi connectivity index (χ4n) is 10.9. The lowest BCUT2D eigenvalue weighted by Gasteiger charge is -2.64. The predicted octanol–water partition coefficient (Wildman–Crippen LogP) is 6.70. The van der Waals surface area contributed by atoms with Crippen LogP contribution in [0.1, 0.15) is 118 Å². The van der Waals surface area contributed by atoms with Crippen LogP contribution >= 0.6 is 0 Å². The van der Waals surface area contributed by atoms with E-state index < -0.39 is 0 Å². The number of carbonyl (C=O) groups is 1. The lowest BCUT2D eigenvalue weighted by Crippen LogP contribution is -2.62. The van der Waals surface area contributed by atoms with Crippen molar-refractivity contribution in [1.82, 2.24) is 5.32 Å². The van der Waals surface area contributed by atoms with Crippen LogP contribution in [-0.4, -0.2) is 41.2 Å². The molecule has 5 aliphatic rings. The molecular formula is C32H55NO4. The van der Waals surface area contributed by atoms with Gasteiger partial charge in [0.05, 0.1) is 18.8 Å². The molecule has 5 saturated carbocycles. The Morgan fingerprint density at radius 3 is 2.38 bits per heavy atom. The fraction of sp³-hybridized carbons (Fsp3) is 0.969. The third-order valence-electron chi connectivity index (χ3n) is 12.9. The highest BCUT2D eigenvalue weighted by Gasteiger charge is 2.64. The Labute approximate surface area is 225 Å². The number of aliphatic hydroxyl groups excluding tert-OH is 2. The quantitative estimate of drug-likeness (QED) is 0.366. The van der Waals surface area contributed by atoms with Gasteiger partial charge in [-0.2, -0.15) is 0 Å². The van der Waals surface area contributed by atoms with Crippen molar-refractivity contribution in [2.24, 2.45) is 52.3 Å². The third kappa shape index (κ3) is 4.98. The minimum atomic E-state index is -0.233. The second-order valence-electron chi connectivity index (χ2n) is 14.5. The van der Waals surface area contributed by atoms with Crippen LogP contribution in [0.25, 0.3) is 0 Å². The number of aliphatic hydroxyl groups is 2. The van der Waals surface area contributed by atoms with E-state index in [0.717, 1.165) is 44.9 Å². The molecule has 5 nitrogen and oxygen atoms in total. The van der Waals surface area contributed by atoms with Gasteiger partial charge in [0.25, 0.3) is 0 Å². The van der Waals surface area contributed by atoms with Gasteiger partial charge in [0.2, 0.25) is 0 Å². The van der Waals surface area contributed by atoms with Crippen LogP contribution in [0.4, 0.5) is 4.79 Å². The van der Waals surface area contributed by atoms with Crippen LogP contribution in [0.5, 0.6) is 0 Å². The number of rotatable bonds is 6. The predicted molar refractivity (Wildman–Crippen MR) is 147 cm³/mol. The second kappa shape index (κ2) is 11.0. The molecule has 0 spiro atoms. The maximum absolute atomic E-state index is 12.3. The molecule has 5 rings (SSSR count). The van der Waals surface area contributed by atoms with Crippen molar-refractivity contribution < 1.29 is 19.7 Å². The van der Waals surface area contributed by atoms with E-state index in [1.807, 2.05) is 0 Å². The molecule has 0 bridgehead atoms. The Morgan fingerprint density at radius 1 is 0.946 bits per heavy atom. The van der Waals surface area contributed by atoms with Gasteiger partial charge in [0.1, 0.15) is 0 Å². The number of carbonyl (C=O) groups excluding carboxylic acids is 1. The largest absolute Gasteiger partial charge is 0.450 e. The summed E-state index contributed by atoms with van der Waals surface area (Å²) in [7, 11) is 0. The molecule has 0 aromatic rings. The van der Waals surface area contributed by atoms with Crippen molar-refractivity contribution in [3.05, 3.63) is 0 Å². The third-order valence-corrected chi connectivity index (χ3v) is 12.9. The SMILES string of the molecule is CC[C@H]1[C@@H](O)[C@@H]2[C@H](CC[C@]3(C)[C@@H]([C@H](C)CCOC(=O)NC4CCCCC4)CC[C@@H]23)[C@@]2(C)CC[C@@H](O)C[C@@H]12. The summed E-state index contributed by atoms with van der Waals surface area (Å²) < 4.78 is 5.65. The average molecular weight is 518 g/mol.